The second-order valence-electron chi connectivity index (χ2n) is 19.3. The van der Waals surface area contributed by atoms with Crippen LogP contribution in [0.4, 0.5) is 0 Å². The maximum Gasteiger partial charge on any atom is 0.143 e. The summed E-state index contributed by atoms with van der Waals surface area (Å²) in [6.45, 7) is 0. The summed E-state index contributed by atoms with van der Waals surface area (Å²) >= 11 is 0. The van der Waals surface area contributed by atoms with Gasteiger partial charge >= 0.3 is 0 Å². The molecule has 0 aliphatic heterocycles. The molecule has 0 radical (unpaired) electrons. The Morgan fingerprint density at radius 2 is 0.716 bits per heavy atom. The lowest BCUT2D eigenvalue weighted by molar-refractivity contribution is 0.673. The van der Waals surface area contributed by atoms with E-state index in [-0.39, 0.29) is 0 Å². The van der Waals surface area contributed by atoms with Crippen LogP contribution in [-0.4, -0.2) is 0 Å². The highest BCUT2D eigenvalue weighted by Crippen LogP contribution is 2.49. The molecule has 0 N–H and O–H groups in total. The first-order valence-corrected chi connectivity index (χ1v) is 25.9. The molecule has 81 heavy (non-hydrogen) atoms. The molecule has 0 aliphatic rings. The maximum absolute atomic E-state index is 9.68. The molecule has 0 bridgehead atoms. The molecule has 0 amide bonds. The fourth-order valence-electron chi connectivity index (χ4n) is 11.4. The topological polar surface area (TPSA) is 13.1 Å². The van der Waals surface area contributed by atoms with Crippen molar-refractivity contribution in [2.45, 2.75) is 0 Å². The molecule has 0 unspecified atom stereocenters. The molecule has 0 saturated carbocycles. The zero-order valence-electron chi connectivity index (χ0n) is 68.3. The lowest BCUT2D eigenvalue weighted by Gasteiger charge is -2.18. The highest BCUT2D eigenvalue weighted by Gasteiger charge is 2.22. The van der Waals surface area contributed by atoms with Gasteiger partial charge in [-0.05, 0) is 173 Å². The average molecular weight is 1050 g/mol. The molecule has 17 aromatic rings. The van der Waals surface area contributed by atoms with Crippen molar-refractivity contribution in [3.63, 3.8) is 0 Å². The van der Waals surface area contributed by atoms with Crippen LogP contribution in [0.1, 0.15) is 35.6 Å². The molecule has 0 saturated heterocycles. The van der Waals surface area contributed by atoms with E-state index < -0.39 is 234 Å². The molecule has 1 heterocycles. The van der Waals surface area contributed by atoms with Gasteiger partial charge in [0.15, 0.2) is 0 Å². The zero-order valence-corrected chi connectivity index (χ0v) is 42.3. The molecule has 17 rings (SSSR count). The van der Waals surface area contributed by atoms with E-state index in [0.717, 1.165) is 21.9 Å². The van der Waals surface area contributed by atoms with Gasteiger partial charge in [-0.15, -0.1) is 0 Å². The van der Waals surface area contributed by atoms with E-state index in [1.54, 1.807) is 0 Å². The number of benzene rings is 16. The van der Waals surface area contributed by atoms with Gasteiger partial charge in [0.2, 0.25) is 0 Å². The summed E-state index contributed by atoms with van der Waals surface area (Å²) in [5.41, 5.74) is 2.10. The van der Waals surface area contributed by atoms with E-state index in [2.05, 4.69) is 146 Å². The monoisotopic (exact) mass is 1050 g/mol. The van der Waals surface area contributed by atoms with Gasteiger partial charge in [0.1, 0.15) is 11.2 Å². The third kappa shape index (κ3) is 7.77. The van der Waals surface area contributed by atoms with Crippen LogP contribution in [-0.2, 0) is 0 Å². The number of hydrogen-bond donors (Lipinski definition) is 0. The van der Waals surface area contributed by atoms with E-state index in [4.69, 9.17) is 29.1 Å². The van der Waals surface area contributed by atoms with E-state index in [9.17, 15) is 11.0 Å². The van der Waals surface area contributed by atoms with Crippen molar-refractivity contribution in [3.8, 4) is 55.6 Å². The highest BCUT2D eigenvalue weighted by atomic mass is 16.3. The van der Waals surface area contributed by atoms with E-state index >= 15 is 0 Å². The Hall–Kier alpha value is -10.6. The minimum Gasteiger partial charge on any atom is -0.455 e. The second-order valence-corrected chi connectivity index (χ2v) is 19.3. The summed E-state index contributed by atoms with van der Waals surface area (Å²) in [4.78, 5) is 0. The summed E-state index contributed by atoms with van der Waals surface area (Å²) in [7, 11) is 0. The van der Waals surface area contributed by atoms with Gasteiger partial charge in [0.05, 0.1) is 35.6 Å². The Morgan fingerprint density at radius 3 is 1.36 bits per heavy atom. The summed E-state index contributed by atoms with van der Waals surface area (Å²) in [6, 6.07) is 28.5. The molecule has 1 nitrogen and oxygen atoms in total. The molecule has 0 aliphatic carbocycles. The number of rotatable bonds is 5. The van der Waals surface area contributed by atoms with E-state index in [1.165, 1.54) is 65.3 Å². The highest BCUT2D eigenvalue weighted by molar-refractivity contribution is 6.27. The smallest absolute Gasteiger partial charge is 0.143 e. The van der Waals surface area contributed by atoms with Crippen LogP contribution < -0.4 is 0 Å². The van der Waals surface area contributed by atoms with E-state index in [0.29, 0.717) is 0 Å². The summed E-state index contributed by atoms with van der Waals surface area (Å²) in [6.07, 6.45) is 0. The Morgan fingerprint density at radius 1 is 0.247 bits per heavy atom. The first-order valence-electron chi connectivity index (χ1n) is 38.9. The molecule has 0 fully saturated rings. The van der Waals surface area contributed by atoms with Crippen molar-refractivity contribution in [1.29, 1.82) is 0 Å². The van der Waals surface area contributed by atoms with Gasteiger partial charge < -0.3 is 4.42 Å². The molecule has 16 aromatic carbocycles. The molecular weight excluding hydrogens is 977 g/mol. The van der Waals surface area contributed by atoms with Crippen molar-refractivity contribution in [3.05, 3.63) is 303 Å². The van der Waals surface area contributed by atoms with Crippen molar-refractivity contribution in [1.82, 2.24) is 0 Å². The Balaban J connectivity index is 0.000000181. The van der Waals surface area contributed by atoms with Crippen molar-refractivity contribution in [2.75, 3.05) is 0 Å². The van der Waals surface area contributed by atoms with Crippen LogP contribution in [0.25, 0.3) is 164 Å². The van der Waals surface area contributed by atoms with E-state index in [1.807, 2.05) is 0 Å². The largest absolute Gasteiger partial charge is 0.455 e. The quantitative estimate of drug-likeness (QED) is 0.157. The van der Waals surface area contributed by atoms with Gasteiger partial charge in [-0.1, -0.05) is 266 Å². The standard InChI is InChI=1S/C40H24O.C40H26/c1-2-12-27-24-28(21-20-25(27)10-1)37-30-14-5-7-16-32(30)38(33-17-8-6-15-31(33)37)34-18-9-19-36-39(34)35-23-22-26-11-3-4-13-29(26)40(35)41-36;1-3-12-29-24-32(22-20-27(29)10-1)31-14-9-15-33(26-31)39-35-16-5-7-18-37(35)40(38-19-8-6-17-36(38)39)34-23-21-28-11-2-4-13-30(28)25-34/h1-24H;1-26H/i;1D,2D,3D,4D,5D,6D,7D,8D,9D,10D,11D,12D,13D,14D,15D,16D,17D,18D,19D,20D,21D,22D,23D,24D,25D,26D. The summed E-state index contributed by atoms with van der Waals surface area (Å²) in [5, 5.41) is 6.89. The summed E-state index contributed by atoms with van der Waals surface area (Å²) in [5.74, 6) is 0. The second kappa shape index (κ2) is 19.1. The van der Waals surface area contributed by atoms with Crippen LogP contribution in [0.15, 0.2) is 307 Å². The predicted octanol–water partition coefficient (Wildman–Crippen LogP) is 22.8. The van der Waals surface area contributed by atoms with Crippen molar-refractivity contribution in [2.24, 2.45) is 0 Å². The van der Waals surface area contributed by atoms with Crippen LogP contribution in [0, 0.1) is 0 Å². The fraction of sp³-hybridized carbons (Fsp3) is 0. The minimum atomic E-state index is -1.06. The lowest BCUT2D eigenvalue weighted by Crippen LogP contribution is -1.91. The van der Waals surface area contributed by atoms with Crippen LogP contribution in [0.2, 0.25) is 0 Å². The lowest BCUT2D eigenvalue weighted by atomic mass is 9.84. The Bertz CT molecular complexity index is 6830. The van der Waals surface area contributed by atoms with Gasteiger partial charge in [-0.25, -0.2) is 0 Å². The van der Waals surface area contributed by atoms with Crippen LogP contribution in [0.3, 0.4) is 0 Å². The third-order valence-corrected chi connectivity index (χ3v) is 14.9. The van der Waals surface area contributed by atoms with Crippen molar-refractivity contribution < 1.29 is 40.1 Å². The normalized spacial score (nSPS) is 16.2. The molecule has 376 valence electrons. The molecule has 1 aromatic heterocycles. The maximum atomic E-state index is 9.68. The first-order chi connectivity index (χ1) is 51.0. The molecule has 0 atom stereocenters. The third-order valence-electron chi connectivity index (χ3n) is 14.9. The number of fused-ring (bicyclic) bond motifs is 12. The van der Waals surface area contributed by atoms with Gasteiger partial charge in [-0.2, -0.15) is 0 Å². The fourth-order valence-corrected chi connectivity index (χ4v) is 11.4. The Labute approximate surface area is 505 Å². The van der Waals surface area contributed by atoms with Crippen LogP contribution >= 0.6 is 0 Å². The number of furan rings is 1. The first kappa shape index (κ1) is 27.3. The molecular formula is C80H50O. The zero-order chi connectivity index (χ0) is 76.0. The predicted molar refractivity (Wildman–Crippen MR) is 347 cm³/mol. The van der Waals surface area contributed by atoms with Gasteiger partial charge in [-0.3, -0.25) is 0 Å². The van der Waals surface area contributed by atoms with Gasteiger partial charge in [0, 0.05) is 16.2 Å². The Kier molecular flexibility index (Phi) is 6.44. The van der Waals surface area contributed by atoms with Crippen molar-refractivity contribution >= 4 is 108 Å². The number of hydrogen-bond acceptors (Lipinski definition) is 1. The molecule has 1 heteroatoms. The van der Waals surface area contributed by atoms with Crippen LogP contribution in [0.5, 0.6) is 0 Å². The average Bonchev–Trinajstić information content (AvgIpc) is 1.09. The summed E-state index contributed by atoms with van der Waals surface area (Å²) < 4.78 is 237. The molecule has 0 spiro atoms. The minimum absolute atomic E-state index is 0.552. The SMILES string of the molecule is [2H]c1c([2H])c(-c2c([2H])c([2H])c3c([2H])c([2H])c([2H])c([2H])c3c2[2H])c([2H])c(-c2c3c([2H])c([2H])c([2H])c([2H])c3c(-c3c([2H])c([2H])c4c([2H])c([2H])c([2H])c([2H])c4c3[2H])c3c([2H])c([2H])c([2H])c([2H])c23)c1[2H].c1ccc2cc(-c3c4ccccc4c(-c4cccc5oc6c7ccccc7ccc6c45)c4ccccc34)ccc2c1. The van der Waals surface area contributed by atoms with Gasteiger partial charge in [0.25, 0.3) is 0 Å².